The summed E-state index contributed by atoms with van der Waals surface area (Å²) in [6, 6.07) is 0. The lowest BCUT2D eigenvalue weighted by atomic mass is 10.5. The van der Waals surface area contributed by atoms with Crippen molar-refractivity contribution in [3.8, 4) is 0 Å². The molecule has 0 aliphatic heterocycles. The lowest BCUT2D eigenvalue weighted by Crippen LogP contribution is -2.21. The number of nitrogens with one attached hydrogen (secondary N) is 1. The minimum atomic E-state index is 0.442. The van der Waals surface area contributed by atoms with Crippen molar-refractivity contribution >= 4 is 17.6 Å². The van der Waals surface area contributed by atoms with E-state index in [9.17, 15) is 0 Å². The molecule has 4 nitrogen and oxygen atoms in total. The zero-order valence-corrected chi connectivity index (χ0v) is 10.4. The largest absolute Gasteiger partial charge is 0.384 e. The molecule has 5 heteroatoms. The fourth-order valence-electron chi connectivity index (χ4n) is 0.623. The molecule has 0 amide bonds. The topological polar surface area (TPSA) is 53.6 Å². The number of amidine groups is 1. The molecule has 0 aromatic heterocycles. The summed E-state index contributed by atoms with van der Waals surface area (Å²) in [6.07, 6.45) is 4.99. The van der Waals surface area contributed by atoms with Crippen LogP contribution in [0.4, 0.5) is 0 Å². The number of rotatable bonds is 7. The average molecular weight is 228 g/mol. The zero-order valence-electron chi connectivity index (χ0n) is 9.60. The van der Waals surface area contributed by atoms with Gasteiger partial charge in [-0.15, -0.1) is 11.8 Å². The van der Waals surface area contributed by atoms with Crippen molar-refractivity contribution < 1.29 is 0 Å². The lowest BCUT2D eigenvalue weighted by molar-refractivity contribution is 0.402. The molecule has 15 heavy (non-hydrogen) atoms. The molecule has 0 saturated heterocycles. The van der Waals surface area contributed by atoms with Crippen LogP contribution in [0.15, 0.2) is 30.0 Å². The Kier molecular flexibility index (Phi) is 7.85. The quantitative estimate of drug-likeness (QED) is 0.390. The summed E-state index contributed by atoms with van der Waals surface area (Å²) >= 11 is 1.74. The SMILES string of the molecule is C=CN/C=C\C(N)=N/CSC(C)N(C)C. The van der Waals surface area contributed by atoms with Gasteiger partial charge in [0.05, 0.1) is 11.3 Å². The molecule has 0 aliphatic rings. The van der Waals surface area contributed by atoms with Crippen LogP contribution in [0.1, 0.15) is 6.92 Å². The van der Waals surface area contributed by atoms with E-state index in [0.717, 1.165) is 0 Å². The number of nitrogens with zero attached hydrogens (tertiary/aromatic N) is 2. The van der Waals surface area contributed by atoms with E-state index in [-0.39, 0.29) is 0 Å². The third-order valence-electron chi connectivity index (χ3n) is 1.76. The molecule has 3 N–H and O–H groups in total. The normalized spacial score (nSPS) is 14.5. The summed E-state index contributed by atoms with van der Waals surface area (Å²) in [7, 11) is 4.08. The van der Waals surface area contributed by atoms with Gasteiger partial charge in [-0.2, -0.15) is 0 Å². The average Bonchev–Trinajstić information content (AvgIpc) is 2.18. The molecule has 0 rings (SSSR count). The molecule has 0 aromatic rings. The summed E-state index contributed by atoms with van der Waals surface area (Å²) in [5.74, 6) is 1.19. The van der Waals surface area contributed by atoms with E-state index in [4.69, 9.17) is 5.73 Å². The molecule has 0 heterocycles. The molecule has 0 aliphatic carbocycles. The molecule has 0 saturated carbocycles. The van der Waals surface area contributed by atoms with Gasteiger partial charge in [-0.3, -0.25) is 9.89 Å². The van der Waals surface area contributed by atoms with E-state index in [2.05, 4.69) is 28.7 Å². The smallest absolute Gasteiger partial charge is 0.120 e. The molecule has 0 bridgehead atoms. The monoisotopic (exact) mass is 228 g/mol. The van der Waals surface area contributed by atoms with Gasteiger partial charge in [-0.25, -0.2) is 0 Å². The number of hydrogen-bond acceptors (Lipinski definition) is 4. The van der Waals surface area contributed by atoms with Gasteiger partial charge >= 0.3 is 0 Å². The Hall–Kier alpha value is -0.940. The van der Waals surface area contributed by atoms with Crippen molar-refractivity contribution in [1.82, 2.24) is 10.2 Å². The van der Waals surface area contributed by atoms with Crippen molar-refractivity contribution in [3.63, 3.8) is 0 Å². The molecule has 86 valence electrons. The highest BCUT2D eigenvalue weighted by Crippen LogP contribution is 2.11. The maximum Gasteiger partial charge on any atom is 0.120 e. The van der Waals surface area contributed by atoms with Gasteiger partial charge in [0.25, 0.3) is 0 Å². The Labute approximate surface area is 96.3 Å². The highest BCUT2D eigenvalue weighted by molar-refractivity contribution is 7.99. The van der Waals surface area contributed by atoms with Crippen molar-refractivity contribution in [2.75, 3.05) is 20.0 Å². The standard InChI is InChI=1S/C10H20N4S/c1-5-12-7-6-10(11)13-8-15-9(2)14(3)4/h5-7,9,12H,1,8H2,2-4H3,(H2,11,13)/b7-6-. The highest BCUT2D eigenvalue weighted by Gasteiger charge is 2.02. The Morgan fingerprint density at radius 1 is 1.67 bits per heavy atom. The lowest BCUT2D eigenvalue weighted by Gasteiger charge is -2.17. The van der Waals surface area contributed by atoms with Gasteiger partial charge in [-0.1, -0.05) is 6.58 Å². The number of aliphatic imine (C=N–C) groups is 1. The second-order valence-corrected chi connectivity index (χ2v) is 4.42. The van der Waals surface area contributed by atoms with E-state index in [0.29, 0.717) is 17.1 Å². The van der Waals surface area contributed by atoms with Gasteiger partial charge in [0.2, 0.25) is 0 Å². The molecule has 1 atom stereocenters. The van der Waals surface area contributed by atoms with Gasteiger partial charge < -0.3 is 11.1 Å². The summed E-state index contributed by atoms with van der Waals surface area (Å²) in [5, 5.41) is 3.25. The molecule has 0 spiro atoms. The molecule has 1 unspecified atom stereocenters. The minimum Gasteiger partial charge on any atom is -0.384 e. The number of thioether (sulfide) groups is 1. The van der Waals surface area contributed by atoms with Crippen LogP contribution >= 0.6 is 11.8 Å². The Morgan fingerprint density at radius 2 is 2.33 bits per heavy atom. The summed E-state index contributed by atoms with van der Waals surface area (Å²) in [5.41, 5.74) is 5.64. The molecule has 0 radical (unpaired) electrons. The van der Waals surface area contributed by atoms with Gasteiger partial charge in [0, 0.05) is 6.20 Å². The summed E-state index contributed by atoms with van der Waals surface area (Å²) in [4.78, 5) is 6.32. The fraction of sp³-hybridized carbons (Fsp3) is 0.500. The van der Waals surface area contributed by atoms with Crippen LogP contribution in [0.3, 0.4) is 0 Å². The Bertz CT molecular complexity index is 236. The van der Waals surface area contributed by atoms with Gasteiger partial charge in [0.15, 0.2) is 0 Å². The van der Waals surface area contributed by atoms with E-state index in [1.165, 1.54) is 0 Å². The highest BCUT2D eigenvalue weighted by atomic mass is 32.2. The molecule has 0 fully saturated rings. The second-order valence-electron chi connectivity index (χ2n) is 3.15. The third kappa shape index (κ3) is 8.08. The molecular formula is C10H20N4S. The first kappa shape index (κ1) is 14.1. The Balaban J connectivity index is 3.80. The first-order chi connectivity index (χ1) is 7.07. The van der Waals surface area contributed by atoms with E-state index < -0.39 is 0 Å². The summed E-state index contributed by atoms with van der Waals surface area (Å²) < 4.78 is 0. The molecular weight excluding hydrogens is 208 g/mol. The van der Waals surface area contributed by atoms with Crippen molar-refractivity contribution in [3.05, 3.63) is 25.1 Å². The summed E-state index contributed by atoms with van der Waals surface area (Å²) in [6.45, 7) is 5.64. The molecule has 0 aromatic carbocycles. The van der Waals surface area contributed by atoms with Crippen molar-refractivity contribution in [2.45, 2.75) is 12.3 Å². The van der Waals surface area contributed by atoms with Crippen LogP contribution < -0.4 is 11.1 Å². The van der Waals surface area contributed by atoms with E-state index in [1.54, 1.807) is 30.2 Å². The predicted octanol–water partition coefficient (Wildman–Crippen LogP) is 1.19. The number of nitrogens with two attached hydrogens (primary N) is 1. The van der Waals surface area contributed by atoms with Crippen LogP contribution in [-0.2, 0) is 0 Å². The minimum absolute atomic E-state index is 0.442. The maximum absolute atomic E-state index is 5.64. The maximum atomic E-state index is 5.64. The van der Waals surface area contributed by atoms with Gasteiger partial charge in [0.1, 0.15) is 5.84 Å². The van der Waals surface area contributed by atoms with Gasteiger partial charge in [-0.05, 0) is 33.3 Å². The van der Waals surface area contributed by atoms with Crippen LogP contribution in [0.5, 0.6) is 0 Å². The second kappa shape index (κ2) is 8.38. The first-order valence-corrected chi connectivity index (χ1v) is 5.74. The first-order valence-electron chi connectivity index (χ1n) is 4.69. The van der Waals surface area contributed by atoms with Crippen LogP contribution in [0.25, 0.3) is 0 Å². The third-order valence-corrected chi connectivity index (χ3v) is 2.94. The predicted molar refractivity (Wildman–Crippen MR) is 69.7 cm³/mol. The van der Waals surface area contributed by atoms with Crippen molar-refractivity contribution in [2.24, 2.45) is 10.7 Å². The van der Waals surface area contributed by atoms with E-state index in [1.807, 2.05) is 14.1 Å². The van der Waals surface area contributed by atoms with E-state index >= 15 is 0 Å². The fourth-order valence-corrected chi connectivity index (χ4v) is 1.36. The van der Waals surface area contributed by atoms with Crippen molar-refractivity contribution in [1.29, 1.82) is 0 Å². The number of hydrogen-bond donors (Lipinski definition) is 2. The van der Waals surface area contributed by atoms with Crippen LogP contribution in [-0.4, -0.2) is 36.1 Å². The zero-order chi connectivity index (χ0) is 11.7. The van der Waals surface area contributed by atoms with Crippen LogP contribution in [0.2, 0.25) is 0 Å². The van der Waals surface area contributed by atoms with Crippen LogP contribution in [0, 0.1) is 0 Å². The Morgan fingerprint density at radius 3 is 2.87 bits per heavy atom.